The van der Waals surface area contributed by atoms with Crippen LogP contribution < -0.4 is 42.0 Å². The Morgan fingerprint density at radius 1 is 0.551 bits per heavy atom. The average Bonchev–Trinajstić information content (AvgIpc) is 1.57. The molecule has 8 aliphatic rings. The quantitative estimate of drug-likeness (QED) is 0.0175. The predicted octanol–water partition coefficient (Wildman–Crippen LogP) is 19.0. The van der Waals surface area contributed by atoms with Gasteiger partial charge in [-0.1, -0.05) is 276 Å². The maximum absolute atomic E-state index is 12.7. The van der Waals surface area contributed by atoms with Gasteiger partial charge >= 0.3 is 72.0 Å². The Bertz CT molecular complexity index is 4330. The number of rotatable bonds is 48. The summed E-state index contributed by atoms with van der Waals surface area (Å²) in [6.45, 7) is 40.7. The molecule has 9 rings (SSSR count). The molecule has 6 fully saturated rings. The number of nitrogens with one attached hydrogen (secondary N) is 3. The molecule has 0 unspecified atom stereocenters. The number of carbonyl (C=O) groups excluding carboxylic acids is 7. The molecule has 0 radical (unpaired) electrons. The van der Waals surface area contributed by atoms with Crippen LogP contribution in [0, 0.1) is 72.5 Å². The van der Waals surface area contributed by atoms with Crippen LogP contribution in [0.1, 0.15) is 370 Å². The van der Waals surface area contributed by atoms with Crippen molar-refractivity contribution in [2.75, 3.05) is 72.1 Å². The number of benzene rings is 1. The van der Waals surface area contributed by atoms with Gasteiger partial charge in [0.15, 0.2) is 12.3 Å². The van der Waals surface area contributed by atoms with Crippen molar-refractivity contribution in [3.63, 3.8) is 0 Å². The number of nitrogens with zero attached hydrogens (tertiary/aromatic N) is 3. The van der Waals surface area contributed by atoms with Gasteiger partial charge in [0.1, 0.15) is 30.3 Å². The second-order valence-electron chi connectivity index (χ2n) is 45.5. The molecular weight excluding hydrogens is 2410 g/mol. The summed E-state index contributed by atoms with van der Waals surface area (Å²) in [5, 5.41) is 57.4. The largest absolute Gasteiger partial charge is 2.00 e. The molecule has 28 nitrogen and oxygen atoms in total. The van der Waals surface area contributed by atoms with Crippen molar-refractivity contribution in [1.29, 1.82) is 0 Å². The van der Waals surface area contributed by atoms with Gasteiger partial charge in [-0.2, -0.15) is 0 Å². The van der Waals surface area contributed by atoms with Crippen LogP contribution in [0.4, 0.5) is 0 Å². The molecule has 0 saturated heterocycles. The Kier molecular flexibility index (Phi) is 68.0. The van der Waals surface area contributed by atoms with Crippen molar-refractivity contribution in [3.05, 3.63) is 134 Å². The Hall–Kier alpha value is -5.97. The van der Waals surface area contributed by atoms with E-state index in [9.17, 15) is 58.5 Å². The summed E-state index contributed by atoms with van der Waals surface area (Å²) < 4.78 is 23.5. The Morgan fingerprint density at radius 3 is 1.56 bits per heavy atom. The van der Waals surface area contributed by atoms with Gasteiger partial charge in [0, 0.05) is 57.5 Å². The zero-order valence-electron chi connectivity index (χ0n) is 92.6. The minimum Gasteiger partial charge on any atom is -0.673 e. The van der Waals surface area contributed by atoms with E-state index in [0.29, 0.717) is 23.5 Å². The molecule has 0 bridgehead atoms. The molecule has 1 aliphatic heterocycles. The minimum absolute atomic E-state index is 0. The number of aliphatic carboxylic acids is 5. The van der Waals surface area contributed by atoms with E-state index in [1.165, 1.54) is 163 Å². The van der Waals surface area contributed by atoms with Gasteiger partial charge in [-0.3, -0.25) is 38.7 Å². The number of hydrogen-bond donors (Lipinski definition) is 5. The van der Waals surface area contributed by atoms with E-state index in [4.69, 9.17) is 68.7 Å². The van der Waals surface area contributed by atoms with Crippen molar-refractivity contribution in [1.82, 2.24) is 14.7 Å². The van der Waals surface area contributed by atoms with Crippen LogP contribution in [0.2, 0.25) is 0 Å². The van der Waals surface area contributed by atoms with Gasteiger partial charge in [0.05, 0.1) is 50.2 Å². The van der Waals surface area contributed by atoms with E-state index >= 15 is 0 Å². The molecule has 0 spiro atoms. The maximum atomic E-state index is 12.7. The molecule has 14 atom stereocenters. The Labute approximate surface area is 926 Å². The number of fused-ring (bicyclic) bond motifs is 2. The molecule has 7 aliphatic carbocycles. The van der Waals surface area contributed by atoms with Crippen LogP contribution >= 0.6 is 0 Å². The molecule has 13 N–H and O–H groups in total. The first-order valence-corrected chi connectivity index (χ1v) is 54.3. The van der Waals surface area contributed by atoms with E-state index in [-0.39, 0.29) is 154 Å². The van der Waals surface area contributed by atoms with E-state index in [0.717, 1.165) is 180 Å². The molecule has 147 heavy (non-hydrogen) atoms. The smallest absolute Gasteiger partial charge is 0.673 e. The minimum atomic E-state index is -1.46. The zero-order valence-corrected chi connectivity index (χ0v) is 99.5. The number of allylic oxidation sites excluding steroid dienone is 13. The summed E-state index contributed by atoms with van der Waals surface area (Å²) in [5.41, 5.74) is 51.7. The third-order valence-electron chi connectivity index (χ3n) is 31.3. The van der Waals surface area contributed by atoms with E-state index in [1.807, 2.05) is 45.9 Å². The standard InChI is InChI=1S/C37H59NO6.C35H57NO7.C26H37NO6.3C6H13N2.3Pt/c1-26(2)10-7-11-28(4)33-18-20-36(5)30(12-8-19-37(33,36)6)16-15-29-22-32(17-14-27(29)3)44-25-31(39)13-9-21-38(23-34(40)41)24-35(42)43;1-23(2)12-9-13-24(3)14-10-15-25(4)16-11-18-35(8)19-17-29-28(7)33(26(5)27(6)34(29)43-35)42-32(41)22-36(20-30(37)38)21-31(39)40;1-19(10-7-13-22-21(3)12-8-14-26(22,4)5)9-6-11-20(2)18-33-25(32)17-27(15-23(28)29)16-24(30)31;3*7-5-3-1-2-4-6(5)8;;;/h15-16,26,28,32-33H,3,7-14,17-25H2,1-2,4-6H3,(H,40,41)(H,42,43);23-25H,9-22H2,1-8H3,(H,37,38)(H,39,40);6-7,9-11,13H,8,12,14-18H2,1-5H3,(H,28,29)(H,30,31);3*5-7H,1-4,8H2;;;/q;;;3*-1;;2*+2/p-2/b29-15-,30-16+;;9-6+,13-7+,19-10+,20-11+;;;;;;/t28-,32+,33-,36+,37-;24-,25-,35-;;3*5-,6-;;;/m11.111.../s1. The molecule has 0 aromatic heterocycles. The Balaban J connectivity index is 0.000000979. The third-order valence-corrected chi connectivity index (χ3v) is 31.3. The van der Waals surface area contributed by atoms with Crippen LogP contribution in [0.5, 0.6) is 11.5 Å². The molecule has 0 amide bonds. The molecule has 1 aromatic rings. The van der Waals surface area contributed by atoms with Gasteiger partial charge in [-0.15, -0.1) is 18.1 Å². The number of ether oxygens (including phenoxy) is 4. The number of esters is 2. The molecule has 31 heteroatoms. The Morgan fingerprint density at radius 2 is 1.05 bits per heavy atom. The van der Waals surface area contributed by atoms with Crippen molar-refractivity contribution in [2.24, 2.45) is 69.0 Å². The van der Waals surface area contributed by atoms with Crippen molar-refractivity contribution >= 4 is 53.5 Å². The van der Waals surface area contributed by atoms with Gasteiger partial charge in [-0.05, 0) is 280 Å². The third kappa shape index (κ3) is 53.2. The van der Waals surface area contributed by atoms with Crippen molar-refractivity contribution < 1.29 is 156 Å². The average molecular weight is 2600 g/mol. The second kappa shape index (κ2) is 71.9. The topological polar surface area (TPSA) is 482 Å². The second-order valence-corrected chi connectivity index (χ2v) is 45.5. The van der Waals surface area contributed by atoms with Crippen molar-refractivity contribution in [3.8, 4) is 11.5 Å². The fraction of sp³-hybridized carbons (Fsp3) is 0.733. The van der Waals surface area contributed by atoms with Gasteiger partial charge in [-0.25, -0.2) is 0 Å². The van der Waals surface area contributed by atoms with Crippen LogP contribution in [0.15, 0.2) is 94.2 Å². The maximum Gasteiger partial charge on any atom is 2.00 e. The number of carboxylic acid groups (broad SMARTS) is 5. The number of carboxylic acids is 5. The van der Waals surface area contributed by atoms with Crippen LogP contribution in [-0.4, -0.2) is 204 Å². The summed E-state index contributed by atoms with van der Waals surface area (Å²) in [7, 11) is 0. The number of carbonyl (C=O) groups is 9. The SMILES string of the molecule is C=C1CC[C@H](OCC(=O)CCCN(CC(=O)[O-])CC(=O)O)C/C1=C/C=C1\CCC[C@]2(C)[C@@H]([C@H](C)CCCC(C)C)CC[C@@]12C.CC1=C(/C=C/C=C(C)/C=C/C=C(\C)COC(=O)CN(CC(=O)[O-])CC(=O)O)C(C)(C)CCC1.Cc1c(C)c2c(c(C)c1OC(=O)CN(CC(=O)[O-])CC(=O)[OH2+])CC[C@@](C)(CCC[C@H](C)CCC[C@H](C)CCCC(C)C)O2.[NH-][C@@H]1CCCC[C@H]1N.[NH-][C@@H]1CCCC[C@H]1N.[NH-][C@@H]1CCCC[C@H]1N.[Pt+2].[Pt+2].[Pt]. The van der Waals surface area contributed by atoms with Gasteiger partial charge in [0.25, 0.3) is 0 Å². The first-order valence-electron chi connectivity index (χ1n) is 54.3. The van der Waals surface area contributed by atoms with Crippen LogP contribution in [0.3, 0.4) is 0 Å². The van der Waals surface area contributed by atoms with Gasteiger partial charge < -0.3 is 98.4 Å². The van der Waals surface area contributed by atoms with E-state index < -0.39 is 100 Å². The molecule has 844 valence electrons. The van der Waals surface area contributed by atoms with Gasteiger partial charge in [0.2, 0.25) is 0 Å². The summed E-state index contributed by atoms with van der Waals surface area (Å²) in [4.78, 5) is 106. The normalized spacial score (nSPS) is 24.5. The number of nitrogens with two attached hydrogens (primary N) is 3. The fourth-order valence-electron chi connectivity index (χ4n) is 22.0. The van der Waals surface area contributed by atoms with Crippen LogP contribution in [0.25, 0.3) is 17.2 Å². The first kappa shape index (κ1) is 139. The summed E-state index contributed by atoms with van der Waals surface area (Å²) in [6.07, 6.45) is 60.2. The fourth-order valence-corrected chi connectivity index (χ4v) is 22.0. The van der Waals surface area contributed by atoms with E-state index in [1.54, 1.807) is 12.5 Å². The van der Waals surface area contributed by atoms with E-state index in [2.05, 4.69) is 127 Å². The summed E-state index contributed by atoms with van der Waals surface area (Å²) >= 11 is 0. The molecule has 6 saturated carbocycles. The first-order chi connectivity index (χ1) is 67.7. The summed E-state index contributed by atoms with van der Waals surface area (Å²) in [6, 6.07) is 0.604. The van der Waals surface area contributed by atoms with Crippen LogP contribution in [-0.2, 0) is 122 Å². The molecule has 1 aromatic carbocycles. The number of hydrogen-bond acceptors (Lipinski definition) is 22. The van der Waals surface area contributed by atoms with Crippen molar-refractivity contribution in [2.45, 2.75) is 423 Å². The molecular formula is C116H190N9O19Pt3-. The monoisotopic (exact) mass is 2600 g/mol. The summed E-state index contributed by atoms with van der Waals surface area (Å²) in [5.74, 6) is -3.02. The zero-order chi connectivity index (χ0) is 108. The molecule has 1 heterocycles. The predicted molar refractivity (Wildman–Crippen MR) is 571 cm³/mol. The number of ketones is 1. The number of Topliss-reactive ketones (excluding diaryl/α,β-unsaturated/α-hetero) is 1.